The van der Waals surface area contributed by atoms with Crippen LogP contribution in [0.15, 0.2) is 30.3 Å². The van der Waals surface area contributed by atoms with Crippen LogP contribution >= 0.6 is 23.2 Å². The zero-order valence-electron chi connectivity index (χ0n) is 10.9. The molecule has 0 fully saturated rings. The third-order valence-electron chi connectivity index (χ3n) is 2.73. The van der Waals surface area contributed by atoms with E-state index in [0.717, 1.165) is 12.1 Å². The molecule has 0 atom stereocenters. The molecule has 3 N–H and O–H groups in total. The first kappa shape index (κ1) is 15.4. The maximum absolute atomic E-state index is 13.1. The van der Waals surface area contributed by atoms with Crippen molar-refractivity contribution >= 4 is 46.2 Å². The number of methoxy groups -OCH3 is 1. The van der Waals surface area contributed by atoms with Crippen molar-refractivity contribution < 1.29 is 13.9 Å². The van der Waals surface area contributed by atoms with E-state index in [1.165, 1.54) is 13.2 Å². The van der Waals surface area contributed by atoms with Gasteiger partial charge in [-0.05, 0) is 30.3 Å². The SMILES string of the molecule is COC(=O)c1cc(Nc2c(Cl)cc(F)cc2Cl)ccc1N. The molecule has 0 heterocycles. The third kappa shape index (κ3) is 3.37. The normalized spacial score (nSPS) is 10.3. The van der Waals surface area contributed by atoms with E-state index in [-0.39, 0.29) is 21.3 Å². The molecule has 0 saturated carbocycles. The number of carbonyl (C=O) groups excluding carboxylic acids is 1. The molecule has 7 heteroatoms. The van der Waals surface area contributed by atoms with Gasteiger partial charge in [0.25, 0.3) is 0 Å². The van der Waals surface area contributed by atoms with Crippen LogP contribution in [0, 0.1) is 5.82 Å². The lowest BCUT2D eigenvalue weighted by Crippen LogP contribution is -2.06. The zero-order valence-corrected chi connectivity index (χ0v) is 12.4. The summed E-state index contributed by atoms with van der Waals surface area (Å²) < 4.78 is 17.8. The molecule has 21 heavy (non-hydrogen) atoms. The summed E-state index contributed by atoms with van der Waals surface area (Å²) in [5.74, 6) is -1.10. The Labute approximate surface area is 130 Å². The van der Waals surface area contributed by atoms with E-state index in [1.54, 1.807) is 12.1 Å². The number of benzene rings is 2. The number of nitrogen functional groups attached to an aromatic ring is 1. The highest BCUT2D eigenvalue weighted by Crippen LogP contribution is 2.34. The summed E-state index contributed by atoms with van der Waals surface area (Å²) in [6.45, 7) is 0. The topological polar surface area (TPSA) is 64.3 Å². The van der Waals surface area contributed by atoms with E-state index in [2.05, 4.69) is 10.1 Å². The van der Waals surface area contributed by atoms with Gasteiger partial charge in [-0.15, -0.1) is 0 Å². The molecule has 0 spiro atoms. The van der Waals surface area contributed by atoms with Gasteiger partial charge < -0.3 is 15.8 Å². The number of ether oxygens (including phenoxy) is 1. The number of esters is 1. The Morgan fingerprint density at radius 3 is 2.43 bits per heavy atom. The van der Waals surface area contributed by atoms with Gasteiger partial charge in [-0.3, -0.25) is 0 Å². The minimum Gasteiger partial charge on any atom is -0.465 e. The van der Waals surface area contributed by atoms with Crippen molar-refractivity contribution in [2.24, 2.45) is 0 Å². The van der Waals surface area contributed by atoms with Crippen LogP contribution in [-0.4, -0.2) is 13.1 Å². The standard InChI is InChI=1S/C14H11Cl2FN2O2/c1-21-14(20)9-6-8(2-3-12(9)18)19-13-10(15)4-7(17)5-11(13)16/h2-6,19H,18H2,1H3. The fourth-order valence-corrected chi connectivity index (χ4v) is 2.28. The number of carbonyl (C=O) groups is 1. The summed E-state index contributed by atoms with van der Waals surface area (Å²) in [6, 6.07) is 6.94. The fourth-order valence-electron chi connectivity index (χ4n) is 1.73. The van der Waals surface area contributed by atoms with Crippen LogP contribution in [0.25, 0.3) is 0 Å². The number of nitrogens with one attached hydrogen (secondary N) is 1. The zero-order chi connectivity index (χ0) is 15.6. The van der Waals surface area contributed by atoms with Crippen molar-refractivity contribution in [2.75, 3.05) is 18.2 Å². The Hall–Kier alpha value is -1.98. The molecule has 0 aromatic heterocycles. The maximum atomic E-state index is 13.1. The predicted molar refractivity (Wildman–Crippen MR) is 81.9 cm³/mol. The van der Waals surface area contributed by atoms with Crippen LogP contribution in [0.4, 0.5) is 21.5 Å². The Bertz CT molecular complexity index is 684. The number of halogens is 3. The second-order valence-corrected chi connectivity index (χ2v) is 4.98. The van der Waals surface area contributed by atoms with Crippen molar-refractivity contribution in [3.63, 3.8) is 0 Å². The van der Waals surface area contributed by atoms with E-state index in [1.807, 2.05) is 0 Å². The molecule has 2 aromatic carbocycles. The van der Waals surface area contributed by atoms with E-state index in [4.69, 9.17) is 28.9 Å². The van der Waals surface area contributed by atoms with Crippen LogP contribution < -0.4 is 11.1 Å². The minimum atomic E-state index is -0.563. The summed E-state index contributed by atoms with van der Waals surface area (Å²) in [7, 11) is 1.26. The highest BCUT2D eigenvalue weighted by atomic mass is 35.5. The number of hydrogen-bond donors (Lipinski definition) is 2. The first-order chi connectivity index (χ1) is 9.92. The van der Waals surface area contributed by atoms with Crippen molar-refractivity contribution in [3.05, 3.63) is 51.8 Å². The molecule has 0 bridgehead atoms. The fraction of sp³-hybridized carbons (Fsp3) is 0.0714. The number of hydrogen-bond acceptors (Lipinski definition) is 4. The van der Waals surface area contributed by atoms with E-state index < -0.39 is 11.8 Å². The van der Waals surface area contributed by atoms with Crippen molar-refractivity contribution in [1.29, 1.82) is 0 Å². The lowest BCUT2D eigenvalue weighted by molar-refractivity contribution is 0.0602. The molecule has 0 unspecified atom stereocenters. The summed E-state index contributed by atoms with van der Waals surface area (Å²) in [5, 5.41) is 3.16. The quantitative estimate of drug-likeness (QED) is 0.653. The van der Waals surface area contributed by atoms with Gasteiger partial charge in [-0.2, -0.15) is 0 Å². The molecule has 4 nitrogen and oxygen atoms in total. The monoisotopic (exact) mass is 328 g/mol. The second-order valence-electron chi connectivity index (χ2n) is 4.16. The lowest BCUT2D eigenvalue weighted by atomic mass is 10.1. The first-order valence-corrected chi connectivity index (χ1v) is 6.57. The minimum absolute atomic E-state index is 0.122. The van der Waals surface area contributed by atoms with Gasteiger partial charge in [0.1, 0.15) is 5.82 Å². The molecule has 2 rings (SSSR count). The summed E-state index contributed by atoms with van der Waals surface area (Å²) in [4.78, 5) is 11.6. The molecular weight excluding hydrogens is 318 g/mol. The number of anilines is 3. The summed E-state index contributed by atoms with van der Waals surface area (Å²) in [5.41, 5.74) is 7.04. The Kier molecular flexibility index (Phi) is 4.55. The Morgan fingerprint density at radius 1 is 1.24 bits per heavy atom. The Balaban J connectivity index is 2.39. The second kappa shape index (κ2) is 6.20. The van der Waals surface area contributed by atoms with E-state index >= 15 is 0 Å². The first-order valence-electron chi connectivity index (χ1n) is 5.81. The summed E-state index contributed by atoms with van der Waals surface area (Å²) >= 11 is 11.9. The molecule has 2 aromatic rings. The average molecular weight is 329 g/mol. The van der Waals surface area contributed by atoms with E-state index in [0.29, 0.717) is 11.4 Å². The van der Waals surface area contributed by atoms with Crippen molar-refractivity contribution in [1.82, 2.24) is 0 Å². The predicted octanol–water partition coefficient (Wildman–Crippen LogP) is 4.24. The number of rotatable bonds is 3. The van der Waals surface area contributed by atoms with Gasteiger partial charge in [0, 0.05) is 11.4 Å². The van der Waals surface area contributed by atoms with Crippen molar-refractivity contribution in [2.45, 2.75) is 0 Å². The van der Waals surface area contributed by atoms with Gasteiger partial charge in [-0.1, -0.05) is 23.2 Å². The molecule has 0 radical (unpaired) electrons. The molecule has 0 amide bonds. The van der Waals surface area contributed by atoms with Gasteiger partial charge in [0.15, 0.2) is 0 Å². The van der Waals surface area contributed by atoms with Gasteiger partial charge in [0.2, 0.25) is 0 Å². The van der Waals surface area contributed by atoms with Crippen LogP contribution in [-0.2, 0) is 4.74 Å². The average Bonchev–Trinajstić information content (AvgIpc) is 2.43. The van der Waals surface area contributed by atoms with Crippen LogP contribution in [0.1, 0.15) is 10.4 Å². The van der Waals surface area contributed by atoms with Crippen LogP contribution in [0.5, 0.6) is 0 Å². The molecule has 0 aliphatic rings. The smallest absolute Gasteiger partial charge is 0.340 e. The van der Waals surface area contributed by atoms with Crippen LogP contribution in [0.3, 0.4) is 0 Å². The highest BCUT2D eigenvalue weighted by molar-refractivity contribution is 6.39. The number of nitrogens with two attached hydrogens (primary N) is 1. The van der Waals surface area contributed by atoms with Gasteiger partial charge in [0.05, 0.1) is 28.4 Å². The Morgan fingerprint density at radius 2 is 1.86 bits per heavy atom. The highest BCUT2D eigenvalue weighted by Gasteiger charge is 2.13. The molecule has 0 aliphatic heterocycles. The van der Waals surface area contributed by atoms with E-state index in [9.17, 15) is 9.18 Å². The molecular formula is C14H11Cl2FN2O2. The van der Waals surface area contributed by atoms with Crippen LogP contribution in [0.2, 0.25) is 10.0 Å². The summed E-state index contributed by atoms with van der Waals surface area (Å²) in [6.07, 6.45) is 0. The maximum Gasteiger partial charge on any atom is 0.340 e. The largest absolute Gasteiger partial charge is 0.465 e. The lowest BCUT2D eigenvalue weighted by Gasteiger charge is -2.12. The van der Waals surface area contributed by atoms with Gasteiger partial charge >= 0.3 is 5.97 Å². The third-order valence-corrected chi connectivity index (χ3v) is 3.33. The molecule has 110 valence electrons. The molecule has 0 saturated heterocycles. The molecule has 0 aliphatic carbocycles. The van der Waals surface area contributed by atoms with Gasteiger partial charge in [-0.25, -0.2) is 9.18 Å². The van der Waals surface area contributed by atoms with Crippen molar-refractivity contribution in [3.8, 4) is 0 Å².